The predicted molar refractivity (Wildman–Crippen MR) is 106 cm³/mol. The highest BCUT2D eigenvalue weighted by molar-refractivity contribution is 5.55. The van der Waals surface area contributed by atoms with Crippen LogP contribution >= 0.6 is 0 Å². The van der Waals surface area contributed by atoms with E-state index in [1.165, 1.54) is 30.4 Å². The van der Waals surface area contributed by atoms with Crippen molar-refractivity contribution in [3.05, 3.63) is 47.2 Å². The third-order valence-electron chi connectivity index (χ3n) is 5.88. The minimum Gasteiger partial charge on any atom is -0.368 e. The van der Waals surface area contributed by atoms with Crippen molar-refractivity contribution in [1.82, 2.24) is 9.97 Å². The molecule has 0 saturated carbocycles. The van der Waals surface area contributed by atoms with Crippen molar-refractivity contribution in [1.29, 1.82) is 0 Å². The summed E-state index contributed by atoms with van der Waals surface area (Å²) >= 11 is 0. The molecule has 138 valence electrons. The van der Waals surface area contributed by atoms with Crippen LogP contribution < -0.4 is 16.4 Å². The number of benzene rings is 1. The van der Waals surface area contributed by atoms with Crippen molar-refractivity contribution in [3.8, 4) is 0 Å². The van der Waals surface area contributed by atoms with Crippen molar-refractivity contribution >= 4 is 11.8 Å². The Balaban J connectivity index is 1.70. The molecule has 1 aromatic heterocycles. The SMILES string of the molecule is NCCC1CCCN(c2nc(N)nc3c2CCCC3c2ccccc2)C1. The number of hydrogen-bond acceptors (Lipinski definition) is 5. The number of hydrogen-bond donors (Lipinski definition) is 2. The Morgan fingerprint density at radius 2 is 1.92 bits per heavy atom. The number of nitrogens with zero attached hydrogens (tertiary/aromatic N) is 3. The Bertz CT molecular complexity index is 744. The topological polar surface area (TPSA) is 81.1 Å². The van der Waals surface area contributed by atoms with Gasteiger partial charge >= 0.3 is 0 Å². The second kappa shape index (κ2) is 7.62. The van der Waals surface area contributed by atoms with Gasteiger partial charge in [-0.25, -0.2) is 4.98 Å². The largest absolute Gasteiger partial charge is 0.368 e. The summed E-state index contributed by atoms with van der Waals surface area (Å²) in [6.45, 7) is 2.86. The lowest BCUT2D eigenvalue weighted by Gasteiger charge is -2.36. The zero-order chi connectivity index (χ0) is 17.9. The number of nitrogens with two attached hydrogens (primary N) is 2. The Labute approximate surface area is 155 Å². The van der Waals surface area contributed by atoms with Gasteiger partial charge in [0.1, 0.15) is 5.82 Å². The van der Waals surface area contributed by atoms with Crippen LogP contribution in [0.1, 0.15) is 54.8 Å². The van der Waals surface area contributed by atoms with E-state index in [0.717, 1.165) is 50.4 Å². The van der Waals surface area contributed by atoms with E-state index in [4.69, 9.17) is 21.4 Å². The van der Waals surface area contributed by atoms with Gasteiger partial charge in [0.25, 0.3) is 0 Å². The zero-order valence-electron chi connectivity index (χ0n) is 15.4. The van der Waals surface area contributed by atoms with Gasteiger partial charge in [-0.15, -0.1) is 0 Å². The summed E-state index contributed by atoms with van der Waals surface area (Å²) in [7, 11) is 0. The Morgan fingerprint density at radius 3 is 2.73 bits per heavy atom. The molecule has 0 bridgehead atoms. The Morgan fingerprint density at radius 1 is 1.08 bits per heavy atom. The monoisotopic (exact) mass is 351 g/mol. The first-order valence-corrected chi connectivity index (χ1v) is 9.92. The maximum atomic E-state index is 6.15. The highest BCUT2D eigenvalue weighted by atomic mass is 15.2. The molecule has 0 radical (unpaired) electrons. The molecule has 0 spiro atoms. The number of fused-ring (bicyclic) bond motifs is 1. The van der Waals surface area contributed by atoms with E-state index in [0.29, 0.717) is 17.8 Å². The molecule has 1 aliphatic heterocycles. The van der Waals surface area contributed by atoms with Gasteiger partial charge in [0.2, 0.25) is 5.95 Å². The van der Waals surface area contributed by atoms with Gasteiger partial charge in [-0.3, -0.25) is 0 Å². The first-order chi connectivity index (χ1) is 12.8. The fourth-order valence-corrected chi connectivity index (χ4v) is 4.65. The predicted octanol–water partition coefficient (Wildman–Crippen LogP) is 3.09. The van der Waals surface area contributed by atoms with Gasteiger partial charge in [0, 0.05) is 24.6 Å². The van der Waals surface area contributed by atoms with Crippen LogP contribution in [0.5, 0.6) is 0 Å². The normalized spacial score (nSPS) is 22.9. The lowest BCUT2D eigenvalue weighted by Crippen LogP contribution is -2.38. The number of rotatable bonds is 4. The summed E-state index contributed by atoms with van der Waals surface area (Å²) in [5.41, 5.74) is 15.7. The lowest BCUT2D eigenvalue weighted by molar-refractivity contribution is 0.393. The molecule has 0 amide bonds. The van der Waals surface area contributed by atoms with Crippen molar-refractivity contribution in [3.63, 3.8) is 0 Å². The van der Waals surface area contributed by atoms with Crippen molar-refractivity contribution in [2.24, 2.45) is 11.7 Å². The highest BCUT2D eigenvalue weighted by Crippen LogP contribution is 2.40. The molecular formula is C21H29N5. The third kappa shape index (κ3) is 3.40. The Kier molecular flexibility index (Phi) is 5.07. The van der Waals surface area contributed by atoms with E-state index in [-0.39, 0.29) is 0 Å². The summed E-state index contributed by atoms with van der Waals surface area (Å²) in [5, 5.41) is 0. The molecule has 4 rings (SSSR count). The second-order valence-corrected chi connectivity index (χ2v) is 7.66. The summed E-state index contributed by atoms with van der Waals surface area (Å²) < 4.78 is 0. The van der Waals surface area contributed by atoms with Crippen LogP contribution in [0.15, 0.2) is 30.3 Å². The molecule has 5 heteroatoms. The zero-order valence-corrected chi connectivity index (χ0v) is 15.4. The van der Waals surface area contributed by atoms with Gasteiger partial charge in [0.05, 0.1) is 5.69 Å². The molecule has 2 atom stereocenters. The third-order valence-corrected chi connectivity index (χ3v) is 5.88. The number of piperidine rings is 1. The van der Waals surface area contributed by atoms with E-state index in [9.17, 15) is 0 Å². The summed E-state index contributed by atoms with van der Waals surface area (Å²) in [5.74, 6) is 2.47. The first-order valence-electron chi connectivity index (χ1n) is 9.92. The summed E-state index contributed by atoms with van der Waals surface area (Å²) in [4.78, 5) is 11.8. The average Bonchev–Trinajstić information content (AvgIpc) is 2.68. The van der Waals surface area contributed by atoms with Gasteiger partial charge in [-0.1, -0.05) is 30.3 Å². The molecule has 1 aromatic carbocycles. The molecule has 2 unspecified atom stereocenters. The average molecular weight is 351 g/mol. The molecule has 5 nitrogen and oxygen atoms in total. The van der Waals surface area contributed by atoms with Gasteiger partial charge in [0.15, 0.2) is 0 Å². The second-order valence-electron chi connectivity index (χ2n) is 7.66. The van der Waals surface area contributed by atoms with Crippen LogP contribution in [0.3, 0.4) is 0 Å². The molecular weight excluding hydrogens is 322 g/mol. The van der Waals surface area contributed by atoms with Crippen molar-refractivity contribution in [2.75, 3.05) is 30.3 Å². The van der Waals surface area contributed by atoms with Gasteiger partial charge in [-0.2, -0.15) is 4.98 Å². The molecule has 1 saturated heterocycles. The molecule has 1 aliphatic carbocycles. The molecule has 1 fully saturated rings. The van der Waals surface area contributed by atoms with Crippen LogP contribution in [-0.2, 0) is 6.42 Å². The van der Waals surface area contributed by atoms with Crippen LogP contribution in [0.2, 0.25) is 0 Å². The van der Waals surface area contributed by atoms with Crippen molar-refractivity contribution < 1.29 is 0 Å². The maximum Gasteiger partial charge on any atom is 0.222 e. The first kappa shape index (κ1) is 17.3. The molecule has 2 aromatic rings. The quantitative estimate of drug-likeness (QED) is 0.885. The number of nitrogen functional groups attached to an aromatic ring is 1. The minimum atomic E-state index is 0.327. The minimum absolute atomic E-state index is 0.327. The van der Waals surface area contributed by atoms with E-state index in [1.807, 2.05) is 0 Å². The number of anilines is 2. The fourth-order valence-electron chi connectivity index (χ4n) is 4.65. The standard InChI is InChI=1S/C21H29N5/c22-12-11-15-6-5-13-26(14-15)20-18-10-4-9-17(16-7-2-1-3-8-16)19(18)24-21(23)25-20/h1-3,7-8,15,17H,4-6,9-14,22H2,(H2,23,24,25). The van der Waals surface area contributed by atoms with E-state index in [2.05, 4.69) is 35.2 Å². The van der Waals surface area contributed by atoms with Crippen LogP contribution in [0, 0.1) is 5.92 Å². The van der Waals surface area contributed by atoms with Crippen molar-refractivity contribution in [2.45, 2.75) is 44.4 Å². The summed E-state index contributed by atoms with van der Waals surface area (Å²) in [6.07, 6.45) is 6.91. The molecule has 2 aliphatic rings. The van der Waals surface area contributed by atoms with E-state index in [1.54, 1.807) is 0 Å². The highest BCUT2D eigenvalue weighted by Gasteiger charge is 2.30. The Hall–Kier alpha value is -2.14. The van der Waals surface area contributed by atoms with E-state index < -0.39 is 0 Å². The maximum absolute atomic E-state index is 6.15. The fraction of sp³-hybridized carbons (Fsp3) is 0.524. The van der Waals surface area contributed by atoms with Gasteiger partial charge < -0.3 is 16.4 Å². The molecule has 2 heterocycles. The molecule has 26 heavy (non-hydrogen) atoms. The number of aromatic nitrogens is 2. The molecule has 4 N–H and O–H groups in total. The van der Waals surface area contributed by atoms with Crippen LogP contribution in [0.4, 0.5) is 11.8 Å². The van der Waals surface area contributed by atoms with Crippen LogP contribution in [0.25, 0.3) is 0 Å². The summed E-state index contributed by atoms with van der Waals surface area (Å²) in [6, 6.07) is 10.7. The van der Waals surface area contributed by atoms with Gasteiger partial charge in [-0.05, 0) is 56.6 Å². The smallest absolute Gasteiger partial charge is 0.222 e. The lowest BCUT2D eigenvalue weighted by atomic mass is 9.82. The van der Waals surface area contributed by atoms with E-state index >= 15 is 0 Å². The van der Waals surface area contributed by atoms with Crippen LogP contribution in [-0.4, -0.2) is 29.6 Å².